The zero-order valence-electron chi connectivity index (χ0n) is 25.1. The van der Waals surface area contributed by atoms with E-state index in [0.29, 0.717) is 12.2 Å². The van der Waals surface area contributed by atoms with Crippen LogP contribution < -0.4 is 9.61 Å². The third kappa shape index (κ3) is 5.17. The maximum absolute atomic E-state index is 14.0. The number of thiazole rings is 1. The van der Waals surface area contributed by atoms with Gasteiger partial charge in [-0.05, 0) is 74.0 Å². The number of rotatable bonds is 8. The molecule has 2 N–H and O–H groups in total. The van der Waals surface area contributed by atoms with Crippen LogP contribution in [0.15, 0.2) is 32.5 Å². The zero-order valence-corrected chi connectivity index (χ0v) is 28.3. The van der Waals surface area contributed by atoms with Crippen LogP contribution in [0, 0.1) is 35.5 Å². The van der Waals surface area contributed by atoms with Crippen molar-refractivity contribution in [1.82, 2.24) is 14.8 Å². The van der Waals surface area contributed by atoms with Gasteiger partial charge in [0.25, 0.3) is 5.91 Å². The summed E-state index contributed by atoms with van der Waals surface area (Å²) in [6, 6.07) is 4.52. The van der Waals surface area contributed by atoms with Gasteiger partial charge < -0.3 is 19.7 Å². The van der Waals surface area contributed by atoms with Crippen molar-refractivity contribution in [3.8, 4) is 5.75 Å². The van der Waals surface area contributed by atoms with Crippen LogP contribution in [0.5, 0.6) is 5.75 Å². The first kappa shape index (κ1) is 31.0. The van der Waals surface area contributed by atoms with Gasteiger partial charge in [-0.1, -0.05) is 41.1 Å². The van der Waals surface area contributed by atoms with E-state index < -0.39 is 23.8 Å². The molecule has 2 aromatic rings. The van der Waals surface area contributed by atoms with E-state index in [0.717, 1.165) is 68.5 Å². The van der Waals surface area contributed by atoms with Crippen molar-refractivity contribution < 1.29 is 29.0 Å². The standard InChI is InChI=1S/C32H36BrN3O7S2/c1-14(2)10-19(31(40)41)36-29(38)24-17-12-18(25(24)30(36)39)26-23(17)22(27-28(44-26)34-32(42)45-27)16-11-15(33)6-7-20(16)43-13-21(37)35-8-4-3-5-9-35/h6-7,11,14,17-19,22-26H,3-5,8-10,12-13H2,1-2H3,(H,34,42)(H,40,41)/t17?,18?,19?,22-,23?,24?,25?,26?/m1/s1. The Morgan fingerprint density at radius 3 is 2.49 bits per heavy atom. The second kappa shape index (κ2) is 11.9. The Kier molecular flexibility index (Phi) is 8.17. The van der Waals surface area contributed by atoms with Crippen molar-refractivity contribution >= 4 is 62.7 Å². The highest BCUT2D eigenvalue weighted by Crippen LogP contribution is 2.69. The molecule has 1 aromatic carbocycles. The van der Waals surface area contributed by atoms with Crippen molar-refractivity contribution in [2.75, 3.05) is 19.7 Å². The topological polar surface area (TPSA) is 137 Å². The summed E-state index contributed by atoms with van der Waals surface area (Å²) in [7, 11) is 0. The van der Waals surface area contributed by atoms with Crippen molar-refractivity contribution in [3.63, 3.8) is 0 Å². The number of fused-ring (bicyclic) bond motifs is 9. The molecule has 0 radical (unpaired) electrons. The van der Waals surface area contributed by atoms with Crippen LogP contribution in [0.25, 0.3) is 0 Å². The minimum atomic E-state index is -1.18. The largest absolute Gasteiger partial charge is 0.483 e. The highest BCUT2D eigenvalue weighted by Gasteiger charge is 2.70. The number of carbonyl (C=O) groups is 4. The molecule has 13 heteroatoms. The van der Waals surface area contributed by atoms with E-state index in [1.807, 2.05) is 36.9 Å². The lowest BCUT2D eigenvalue weighted by atomic mass is 9.68. The lowest BCUT2D eigenvalue weighted by molar-refractivity contribution is -0.156. The number of nitrogens with zero attached hydrogens (tertiary/aromatic N) is 2. The fraction of sp³-hybridized carbons (Fsp3) is 0.594. The summed E-state index contributed by atoms with van der Waals surface area (Å²) in [5.41, 5.74) is 0.837. The summed E-state index contributed by atoms with van der Waals surface area (Å²) in [4.78, 5) is 72.6. The van der Waals surface area contributed by atoms with Crippen molar-refractivity contribution in [3.05, 3.63) is 42.8 Å². The SMILES string of the molecule is CC(C)CC(C(=O)O)N1C(=O)C2C3CC(C2C1=O)C1C3Sc2[nH]c(=O)sc2[C@@H]1c1cc(Br)ccc1OCC(=O)N1CCCCC1. The number of imide groups is 1. The van der Waals surface area contributed by atoms with Crippen LogP contribution in [0.4, 0.5) is 0 Å². The number of H-pyrrole nitrogens is 1. The molecule has 2 bridgehead atoms. The molecule has 2 saturated carbocycles. The molecule has 10 nitrogen and oxygen atoms in total. The minimum absolute atomic E-state index is 0.00377. The van der Waals surface area contributed by atoms with E-state index in [1.165, 1.54) is 0 Å². The first-order valence-electron chi connectivity index (χ1n) is 15.7. The van der Waals surface area contributed by atoms with Gasteiger partial charge in [-0.3, -0.25) is 24.1 Å². The molecule has 4 fully saturated rings. The third-order valence-corrected chi connectivity index (χ3v) is 13.5. The van der Waals surface area contributed by atoms with Crippen LogP contribution in [0.3, 0.4) is 0 Å². The normalized spacial score (nSPS) is 30.8. The molecule has 1 aromatic heterocycles. The maximum atomic E-state index is 14.0. The van der Waals surface area contributed by atoms with Crippen LogP contribution in [0.1, 0.15) is 62.3 Å². The van der Waals surface area contributed by atoms with E-state index >= 15 is 0 Å². The van der Waals surface area contributed by atoms with E-state index in [2.05, 4.69) is 20.9 Å². The predicted octanol–water partition coefficient (Wildman–Crippen LogP) is 4.56. The Morgan fingerprint density at radius 2 is 1.80 bits per heavy atom. The predicted molar refractivity (Wildman–Crippen MR) is 171 cm³/mol. The first-order valence-corrected chi connectivity index (χ1v) is 18.2. The lowest BCUT2D eigenvalue weighted by Crippen LogP contribution is -2.47. The Bertz CT molecular complexity index is 1620. The number of piperidine rings is 1. The number of benzene rings is 1. The van der Waals surface area contributed by atoms with E-state index in [9.17, 15) is 29.1 Å². The number of hydrogen-bond acceptors (Lipinski definition) is 8. The maximum Gasteiger partial charge on any atom is 0.326 e. The molecule has 5 aliphatic rings. The summed E-state index contributed by atoms with van der Waals surface area (Å²) in [5.74, 6) is -3.21. The fourth-order valence-electron chi connectivity index (χ4n) is 8.73. The van der Waals surface area contributed by atoms with Crippen LogP contribution in [-0.4, -0.2) is 74.6 Å². The summed E-state index contributed by atoms with van der Waals surface area (Å²) in [6.45, 7) is 5.14. The van der Waals surface area contributed by atoms with E-state index in [-0.39, 0.29) is 70.5 Å². The quantitative estimate of drug-likeness (QED) is 0.380. The number of carbonyl (C=O) groups excluding carboxylic acids is 3. The Hall–Kier alpha value is -2.64. The smallest absolute Gasteiger partial charge is 0.326 e. The number of aromatic amines is 1. The van der Waals surface area contributed by atoms with Gasteiger partial charge in [-0.2, -0.15) is 0 Å². The van der Waals surface area contributed by atoms with E-state index in [4.69, 9.17) is 4.74 Å². The molecule has 7 rings (SSSR count). The zero-order chi connectivity index (χ0) is 31.7. The van der Waals surface area contributed by atoms with Gasteiger partial charge in [0, 0.05) is 39.2 Å². The van der Waals surface area contributed by atoms with Gasteiger partial charge in [-0.25, -0.2) is 4.79 Å². The number of aromatic nitrogens is 1. The number of likely N-dealkylation sites (tertiary alicyclic amines) is 2. The molecule has 8 atom stereocenters. The third-order valence-electron chi connectivity index (χ3n) is 10.4. The van der Waals surface area contributed by atoms with Gasteiger partial charge in [0.1, 0.15) is 11.8 Å². The number of hydrogen-bond donors (Lipinski definition) is 2. The molecule has 3 aliphatic heterocycles. The van der Waals surface area contributed by atoms with Crippen molar-refractivity contribution in [2.24, 2.45) is 35.5 Å². The fourth-order valence-corrected chi connectivity index (χ4v) is 12.0. The summed E-state index contributed by atoms with van der Waals surface area (Å²) in [6.07, 6.45) is 4.00. The minimum Gasteiger partial charge on any atom is -0.483 e. The molecule has 2 aliphatic carbocycles. The molecule has 2 saturated heterocycles. The molecule has 7 unspecified atom stereocenters. The number of carboxylic acid groups (broad SMARTS) is 1. The van der Waals surface area contributed by atoms with Crippen LogP contribution >= 0.6 is 39.0 Å². The number of thioether (sulfide) groups is 1. The average molecular weight is 719 g/mol. The summed E-state index contributed by atoms with van der Waals surface area (Å²) < 4.78 is 7.07. The first-order chi connectivity index (χ1) is 21.5. The van der Waals surface area contributed by atoms with Gasteiger partial charge >= 0.3 is 10.8 Å². The van der Waals surface area contributed by atoms with Crippen LogP contribution in [0.2, 0.25) is 0 Å². The number of amides is 3. The molecule has 4 heterocycles. The number of carboxylic acids is 1. The average Bonchev–Trinajstić information content (AvgIpc) is 3.74. The monoisotopic (exact) mass is 717 g/mol. The lowest BCUT2D eigenvalue weighted by Gasteiger charge is -2.43. The van der Waals surface area contributed by atoms with Crippen molar-refractivity contribution in [1.29, 1.82) is 0 Å². The number of ether oxygens (including phenoxy) is 1. The molecule has 3 amide bonds. The van der Waals surface area contributed by atoms with Gasteiger partial charge in [-0.15, -0.1) is 11.8 Å². The van der Waals surface area contributed by atoms with E-state index in [1.54, 1.807) is 11.8 Å². The Labute approximate surface area is 277 Å². The molecular formula is C32H36BrN3O7S2. The van der Waals surface area contributed by atoms with Gasteiger partial charge in [0.05, 0.1) is 16.9 Å². The highest BCUT2D eigenvalue weighted by molar-refractivity contribution is 9.10. The van der Waals surface area contributed by atoms with Crippen LogP contribution in [-0.2, 0) is 19.2 Å². The second-order valence-electron chi connectivity index (χ2n) is 13.4. The summed E-state index contributed by atoms with van der Waals surface area (Å²) >= 11 is 6.36. The molecule has 45 heavy (non-hydrogen) atoms. The van der Waals surface area contributed by atoms with Gasteiger partial charge in [0.15, 0.2) is 6.61 Å². The van der Waals surface area contributed by atoms with Gasteiger partial charge in [0.2, 0.25) is 11.8 Å². The Morgan fingerprint density at radius 1 is 1.09 bits per heavy atom. The molecule has 240 valence electrons. The molecule has 0 spiro atoms. The van der Waals surface area contributed by atoms with Crippen molar-refractivity contribution in [2.45, 2.75) is 68.2 Å². The summed E-state index contributed by atoms with van der Waals surface area (Å²) in [5, 5.41) is 10.8. The number of aliphatic carboxylic acids is 1. The second-order valence-corrected chi connectivity index (χ2v) is 16.5. The number of halogens is 1. The Balaban J connectivity index is 1.25. The molecular weight excluding hydrogens is 682 g/mol. The highest BCUT2D eigenvalue weighted by atomic mass is 79.9. The number of nitrogens with one attached hydrogen (secondary N) is 1.